The van der Waals surface area contributed by atoms with Crippen LogP contribution in [0.2, 0.25) is 0 Å². The van der Waals surface area contributed by atoms with Gasteiger partial charge in [0.1, 0.15) is 6.61 Å². The molecule has 3 aromatic carbocycles. The quantitative estimate of drug-likeness (QED) is 0.530. The Morgan fingerprint density at radius 2 is 1.81 bits per heavy atom. The number of carbonyl (C=O) groups excluding carboxylic acids is 1. The maximum Gasteiger partial charge on any atom is 0.251 e. The highest BCUT2D eigenvalue weighted by molar-refractivity contribution is 5.95. The van der Waals surface area contributed by atoms with Gasteiger partial charge in [0.05, 0.1) is 13.2 Å². The second-order valence-electron chi connectivity index (χ2n) is 7.93. The lowest BCUT2D eigenvalue weighted by Gasteiger charge is -2.15. The van der Waals surface area contributed by atoms with Crippen LogP contribution in [0.3, 0.4) is 0 Å². The van der Waals surface area contributed by atoms with Gasteiger partial charge in [0.25, 0.3) is 5.91 Å². The number of nitrogens with one attached hydrogen (secondary N) is 1. The van der Waals surface area contributed by atoms with Crippen molar-refractivity contribution < 1.29 is 19.0 Å². The summed E-state index contributed by atoms with van der Waals surface area (Å²) in [6, 6.07) is 23.6. The molecule has 1 N–H and O–H groups in total. The number of methoxy groups -OCH3 is 1. The molecule has 0 radical (unpaired) electrons. The molecule has 0 saturated carbocycles. The minimum absolute atomic E-state index is 0.0887. The molecule has 5 nitrogen and oxygen atoms in total. The molecule has 1 saturated heterocycles. The summed E-state index contributed by atoms with van der Waals surface area (Å²) >= 11 is 0. The molecule has 1 aliphatic rings. The largest absolute Gasteiger partial charge is 0.493 e. The Labute approximate surface area is 189 Å². The van der Waals surface area contributed by atoms with Crippen LogP contribution in [0.15, 0.2) is 72.8 Å². The monoisotopic (exact) mass is 431 g/mol. The summed E-state index contributed by atoms with van der Waals surface area (Å²) in [5, 5.41) is 3.03. The topological polar surface area (TPSA) is 56.8 Å². The Balaban J connectivity index is 1.38. The highest BCUT2D eigenvalue weighted by Crippen LogP contribution is 2.29. The zero-order chi connectivity index (χ0) is 22.2. The van der Waals surface area contributed by atoms with Crippen LogP contribution in [0.25, 0.3) is 0 Å². The zero-order valence-corrected chi connectivity index (χ0v) is 18.4. The lowest BCUT2D eigenvalue weighted by molar-refractivity contribution is 0.0669. The summed E-state index contributed by atoms with van der Waals surface area (Å²) in [7, 11) is 1.62. The van der Waals surface area contributed by atoms with Crippen molar-refractivity contribution in [3.05, 3.63) is 95.1 Å². The molecule has 1 atom stereocenters. The van der Waals surface area contributed by atoms with Gasteiger partial charge in [-0.05, 0) is 54.2 Å². The highest BCUT2D eigenvalue weighted by atomic mass is 16.5. The van der Waals surface area contributed by atoms with Crippen molar-refractivity contribution in [1.82, 2.24) is 5.32 Å². The Hall–Kier alpha value is -3.31. The summed E-state index contributed by atoms with van der Waals surface area (Å²) in [6.45, 7) is 1.73. The molecule has 0 bridgehead atoms. The number of ether oxygens (including phenoxy) is 3. The fraction of sp³-hybridized carbons (Fsp3) is 0.296. The number of benzene rings is 3. The van der Waals surface area contributed by atoms with E-state index < -0.39 is 0 Å². The Morgan fingerprint density at radius 1 is 1.00 bits per heavy atom. The molecule has 0 aromatic heterocycles. The molecule has 32 heavy (non-hydrogen) atoms. The number of hydrogen-bond acceptors (Lipinski definition) is 4. The predicted octanol–water partition coefficient (Wildman–Crippen LogP) is 4.77. The molecule has 5 heteroatoms. The lowest BCUT2D eigenvalue weighted by atomic mass is 9.99. The predicted molar refractivity (Wildman–Crippen MR) is 124 cm³/mol. The number of rotatable bonds is 9. The maximum absolute atomic E-state index is 12.9. The third kappa shape index (κ3) is 5.68. The average molecular weight is 432 g/mol. The summed E-state index contributed by atoms with van der Waals surface area (Å²) in [5.74, 6) is 1.25. The maximum atomic E-state index is 12.9. The SMILES string of the molecule is COc1cc(CNC(=O)c2ccccc2Cc2ccccc2)ccc1OCC1CCCO1. The van der Waals surface area contributed by atoms with E-state index in [1.165, 1.54) is 5.56 Å². The van der Waals surface area contributed by atoms with Crippen LogP contribution in [0, 0.1) is 0 Å². The first-order valence-electron chi connectivity index (χ1n) is 11.0. The van der Waals surface area contributed by atoms with Gasteiger partial charge in [-0.3, -0.25) is 4.79 Å². The van der Waals surface area contributed by atoms with Crippen molar-refractivity contribution in [2.45, 2.75) is 31.9 Å². The normalized spacial score (nSPS) is 15.3. The van der Waals surface area contributed by atoms with Crippen LogP contribution in [0.5, 0.6) is 11.5 Å². The van der Waals surface area contributed by atoms with Gasteiger partial charge in [0, 0.05) is 18.7 Å². The highest BCUT2D eigenvalue weighted by Gasteiger charge is 2.17. The van der Waals surface area contributed by atoms with Gasteiger partial charge < -0.3 is 19.5 Å². The van der Waals surface area contributed by atoms with Crippen molar-refractivity contribution in [2.24, 2.45) is 0 Å². The summed E-state index contributed by atoms with van der Waals surface area (Å²) in [5.41, 5.74) is 3.82. The molecule has 1 unspecified atom stereocenters. The van der Waals surface area contributed by atoms with Gasteiger partial charge in [-0.25, -0.2) is 0 Å². The van der Waals surface area contributed by atoms with Gasteiger partial charge in [-0.1, -0.05) is 54.6 Å². The van der Waals surface area contributed by atoms with E-state index >= 15 is 0 Å². The van der Waals surface area contributed by atoms with E-state index in [1.807, 2.05) is 60.7 Å². The fourth-order valence-electron chi connectivity index (χ4n) is 3.89. The second-order valence-corrected chi connectivity index (χ2v) is 7.93. The van der Waals surface area contributed by atoms with E-state index in [2.05, 4.69) is 17.4 Å². The van der Waals surface area contributed by atoms with Gasteiger partial charge in [0.2, 0.25) is 0 Å². The van der Waals surface area contributed by atoms with E-state index in [0.29, 0.717) is 30.2 Å². The van der Waals surface area contributed by atoms with Crippen LogP contribution >= 0.6 is 0 Å². The standard InChI is InChI=1S/C27H29NO4/c1-30-26-17-21(13-14-25(26)32-19-23-11-7-15-31-23)18-28-27(29)24-12-6-5-10-22(24)16-20-8-3-2-4-9-20/h2-6,8-10,12-14,17,23H,7,11,15-16,18-19H2,1H3,(H,28,29). The molecular weight excluding hydrogens is 402 g/mol. The Kier molecular flexibility index (Phi) is 7.41. The van der Waals surface area contributed by atoms with Crippen LogP contribution in [0.4, 0.5) is 0 Å². The molecule has 4 rings (SSSR count). The van der Waals surface area contributed by atoms with Crippen molar-refractivity contribution in [3.63, 3.8) is 0 Å². The first-order valence-corrected chi connectivity index (χ1v) is 11.0. The molecule has 166 valence electrons. The molecule has 1 amide bonds. The van der Waals surface area contributed by atoms with Gasteiger partial charge >= 0.3 is 0 Å². The van der Waals surface area contributed by atoms with E-state index in [-0.39, 0.29) is 12.0 Å². The third-order valence-electron chi connectivity index (χ3n) is 5.63. The summed E-state index contributed by atoms with van der Waals surface area (Å²) < 4.78 is 17.0. The Morgan fingerprint density at radius 3 is 2.59 bits per heavy atom. The Bertz CT molecular complexity index is 1030. The minimum Gasteiger partial charge on any atom is -0.493 e. The van der Waals surface area contributed by atoms with Gasteiger partial charge in [-0.15, -0.1) is 0 Å². The smallest absolute Gasteiger partial charge is 0.251 e. The fourth-order valence-corrected chi connectivity index (χ4v) is 3.89. The molecule has 1 fully saturated rings. The summed E-state index contributed by atoms with van der Waals surface area (Å²) in [6.07, 6.45) is 2.97. The minimum atomic E-state index is -0.0887. The van der Waals surface area contributed by atoms with Crippen molar-refractivity contribution >= 4 is 5.91 Å². The van der Waals surface area contributed by atoms with Crippen LogP contribution in [-0.4, -0.2) is 32.3 Å². The van der Waals surface area contributed by atoms with E-state index in [1.54, 1.807) is 7.11 Å². The molecule has 1 heterocycles. The molecule has 0 spiro atoms. The molecule has 0 aliphatic carbocycles. The lowest BCUT2D eigenvalue weighted by Crippen LogP contribution is -2.24. The number of carbonyl (C=O) groups is 1. The number of hydrogen-bond donors (Lipinski definition) is 1. The van der Waals surface area contributed by atoms with Crippen LogP contribution in [0.1, 0.15) is 39.9 Å². The van der Waals surface area contributed by atoms with Crippen molar-refractivity contribution in [1.29, 1.82) is 0 Å². The molecular formula is C27H29NO4. The van der Waals surface area contributed by atoms with Crippen LogP contribution < -0.4 is 14.8 Å². The summed E-state index contributed by atoms with van der Waals surface area (Å²) in [4.78, 5) is 12.9. The van der Waals surface area contributed by atoms with E-state index in [4.69, 9.17) is 14.2 Å². The molecule has 1 aliphatic heterocycles. The first-order chi connectivity index (χ1) is 15.7. The third-order valence-corrected chi connectivity index (χ3v) is 5.63. The zero-order valence-electron chi connectivity index (χ0n) is 18.4. The van der Waals surface area contributed by atoms with Gasteiger partial charge in [0.15, 0.2) is 11.5 Å². The first kappa shape index (κ1) is 21.9. The van der Waals surface area contributed by atoms with E-state index in [9.17, 15) is 4.79 Å². The number of amides is 1. The average Bonchev–Trinajstić information content (AvgIpc) is 3.36. The second kappa shape index (κ2) is 10.8. The molecule has 3 aromatic rings. The van der Waals surface area contributed by atoms with Gasteiger partial charge in [-0.2, -0.15) is 0 Å². The van der Waals surface area contributed by atoms with E-state index in [0.717, 1.165) is 37.0 Å². The van der Waals surface area contributed by atoms with Crippen LogP contribution in [-0.2, 0) is 17.7 Å². The van der Waals surface area contributed by atoms with Crippen molar-refractivity contribution in [3.8, 4) is 11.5 Å². The van der Waals surface area contributed by atoms with Crippen molar-refractivity contribution in [2.75, 3.05) is 20.3 Å².